The Morgan fingerprint density at radius 1 is 1.00 bits per heavy atom. The zero-order valence-corrected chi connectivity index (χ0v) is 10.3. The Hall–Kier alpha value is -2.42. The maximum Gasteiger partial charge on any atom is 0.339 e. The van der Waals surface area contributed by atoms with E-state index in [1.54, 1.807) is 25.1 Å². The van der Waals surface area contributed by atoms with Gasteiger partial charge in [-0.1, -0.05) is 30.3 Å². The number of hydrogen-bond acceptors (Lipinski definition) is 2. The highest BCUT2D eigenvalue weighted by Gasteiger charge is 2.12. The van der Waals surface area contributed by atoms with Crippen LogP contribution in [0.5, 0.6) is 0 Å². The molecule has 0 aliphatic rings. The Balaban J connectivity index is 2.42. The maximum absolute atomic E-state index is 13.0. The van der Waals surface area contributed by atoms with Crippen LogP contribution in [-0.2, 0) is 0 Å². The van der Waals surface area contributed by atoms with Crippen molar-refractivity contribution in [2.75, 3.05) is 0 Å². The Kier molecular flexibility index (Phi) is 2.67. The molecule has 1 aromatic heterocycles. The first-order chi connectivity index (χ1) is 9.16. The summed E-state index contributed by atoms with van der Waals surface area (Å²) >= 11 is 0. The first-order valence-corrected chi connectivity index (χ1v) is 5.95. The van der Waals surface area contributed by atoms with Crippen molar-refractivity contribution in [1.82, 2.24) is 0 Å². The van der Waals surface area contributed by atoms with Crippen LogP contribution in [0.15, 0.2) is 57.7 Å². The van der Waals surface area contributed by atoms with E-state index in [0.717, 1.165) is 16.5 Å². The van der Waals surface area contributed by atoms with Crippen molar-refractivity contribution in [3.8, 4) is 11.1 Å². The molecular weight excluding hydrogens is 243 g/mol. The highest BCUT2D eigenvalue weighted by Crippen LogP contribution is 2.29. The molecule has 0 aliphatic heterocycles. The van der Waals surface area contributed by atoms with E-state index in [-0.39, 0.29) is 11.4 Å². The maximum atomic E-state index is 13.0. The molecule has 0 spiro atoms. The van der Waals surface area contributed by atoms with E-state index in [1.807, 2.05) is 18.2 Å². The van der Waals surface area contributed by atoms with Crippen molar-refractivity contribution < 1.29 is 8.81 Å². The Labute approximate surface area is 109 Å². The molecule has 1 heterocycles. The molecule has 2 aromatic carbocycles. The molecule has 0 saturated heterocycles. The molecule has 3 rings (SSSR count). The molecule has 0 saturated carbocycles. The number of fused-ring (bicyclic) bond motifs is 1. The summed E-state index contributed by atoms with van der Waals surface area (Å²) in [4.78, 5) is 11.9. The monoisotopic (exact) mass is 254 g/mol. The predicted octanol–water partition coefficient (Wildman–Crippen LogP) is 3.91. The molecule has 0 unspecified atom stereocenters. The highest BCUT2D eigenvalue weighted by atomic mass is 19.1. The van der Waals surface area contributed by atoms with Crippen LogP contribution < -0.4 is 5.63 Å². The number of rotatable bonds is 1. The van der Waals surface area contributed by atoms with Gasteiger partial charge < -0.3 is 4.42 Å². The molecule has 0 radical (unpaired) electrons. The Bertz CT molecular complexity index is 801. The lowest BCUT2D eigenvalue weighted by Crippen LogP contribution is -2.05. The second-order valence-electron chi connectivity index (χ2n) is 4.39. The van der Waals surface area contributed by atoms with Gasteiger partial charge in [-0.15, -0.1) is 0 Å². The van der Waals surface area contributed by atoms with Gasteiger partial charge in [-0.25, -0.2) is 9.18 Å². The third kappa shape index (κ3) is 1.93. The SMILES string of the molecule is Cc1c(-c2ccc(F)cc2)c2ccccc2oc1=O. The van der Waals surface area contributed by atoms with Gasteiger partial charge in [0.25, 0.3) is 0 Å². The van der Waals surface area contributed by atoms with E-state index in [9.17, 15) is 9.18 Å². The van der Waals surface area contributed by atoms with Crippen LogP contribution in [0.25, 0.3) is 22.1 Å². The van der Waals surface area contributed by atoms with E-state index in [1.165, 1.54) is 12.1 Å². The second-order valence-corrected chi connectivity index (χ2v) is 4.39. The van der Waals surface area contributed by atoms with Crippen LogP contribution in [-0.4, -0.2) is 0 Å². The average molecular weight is 254 g/mol. The van der Waals surface area contributed by atoms with Gasteiger partial charge in [0.1, 0.15) is 11.4 Å². The number of para-hydroxylation sites is 1. The summed E-state index contributed by atoms with van der Waals surface area (Å²) in [7, 11) is 0. The molecule has 19 heavy (non-hydrogen) atoms. The van der Waals surface area contributed by atoms with E-state index >= 15 is 0 Å². The summed E-state index contributed by atoms with van der Waals surface area (Å²) in [6, 6.07) is 13.5. The molecule has 0 atom stereocenters. The summed E-state index contributed by atoms with van der Waals surface area (Å²) in [5.41, 5.74) is 2.32. The summed E-state index contributed by atoms with van der Waals surface area (Å²) in [6.45, 7) is 1.72. The molecular formula is C16H11FO2. The minimum Gasteiger partial charge on any atom is -0.422 e. The standard InChI is InChI=1S/C16H11FO2/c1-10-15(11-6-8-12(17)9-7-11)13-4-2-3-5-14(13)19-16(10)18/h2-9H,1H3. The highest BCUT2D eigenvalue weighted by molar-refractivity contribution is 5.94. The van der Waals surface area contributed by atoms with Gasteiger partial charge in [-0.05, 0) is 30.7 Å². The van der Waals surface area contributed by atoms with Crippen LogP contribution in [0.3, 0.4) is 0 Å². The lowest BCUT2D eigenvalue weighted by Gasteiger charge is -2.08. The van der Waals surface area contributed by atoms with Crippen LogP contribution in [0.1, 0.15) is 5.56 Å². The quantitative estimate of drug-likeness (QED) is 0.616. The molecule has 0 aliphatic carbocycles. The summed E-state index contributed by atoms with van der Waals surface area (Å²) in [6.07, 6.45) is 0. The van der Waals surface area contributed by atoms with Gasteiger partial charge in [-0.3, -0.25) is 0 Å². The van der Waals surface area contributed by atoms with Gasteiger partial charge in [0, 0.05) is 16.5 Å². The van der Waals surface area contributed by atoms with Crippen molar-refractivity contribution in [1.29, 1.82) is 0 Å². The Morgan fingerprint density at radius 3 is 2.42 bits per heavy atom. The molecule has 0 N–H and O–H groups in total. The molecule has 3 aromatic rings. The van der Waals surface area contributed by atoms with Crippen LogP contribution in [0.4, 0.5) is 4.39 Å². The smallest absolute Gasteiger partial charge is 0.339 e. The van der Waals surface area contributed by atoms with Crippen LogP contribution in [0.2, 0.25) is 0 Å². The van der Waals surface area contributed by atoms with E-state index in [0.29, 0.717) is 11.1 Å². The lowest BCUT2D eigenvalue weighted by atomic mass is 9.98. The Morgan fingerprint density at radius 2 is 1.68 bits per heavy atom. The van der Waals surface area contributed by atoms with Crippen LogP contribution >= 0.6 is 0 Å². The summed E-state index contributed by atoms with van der Waals surface area (Å²) in [5.74, 6) is -0.298. The third-order valence-corrected chi connectivity index (χ3v) is 3.17. The van der Waals surface area contributed by atoms with Crippen LogP contribution in [0, 0.1) is 12.7 Å². The van der Waals surface area contributed by atoms with E-state index in [4.69, 9.17) is 4.42 Å². The van der Waals surface area contributed by atoms with Crippen molar-refractivity contribution in [3.05, 3.63) is 70.3 Å². The third-order valence-electron chi connectivity index (χ3n) is 3.17. The fourth-order valence-electron chi connectivity index (χ4n) is 2.23. The largest absolute Gasteiger partial charge is 0.422 e. The van der Waals surface area contributed by atoms with Gasteiger partial charge >= 0.3 is 5.63 Å². The zero-order chi connectivity index (χ0) is 13.4. The zero-order valence-electron chi connectivity index (χ0n) is 10.3. The summed E-state index contributed by atoms with van der Waals surface area (Å²) in [5, 5.41) is 0.853. The van der Waals surface area contributed by atoms with Gasteiger partial charge in [0.2, 0.25) is 0 Å². The van der Waals surface area contributed by atoms with Gasteiger partial charge in [0.05, 0.1) is 0 Å². The van der Waals surface area contributed by atoms with Crippen molar-refractivity contribution in [2.24, 2.45) is 0 Å². The molecule has 0 amide bonds. The molecule has 0 fully saturated rings. The average Bonchev–Trinajstić information content (AvgIpc) is 2.42. The van der Waals surface area contributed by atoms with E-state index < -0.39 is 0 Å². The van der Waals surface area contributed by atoms with E-state index in [2.05, 4.69) is 0 Å². The first-order valence-electron chi connectivity index (χ1n) is 5.95. The number of hydrogen-bond donors (Lipinski definition) is 0. The number of halogens is 1. The number of benzene rings is 2. The minimum absolute atomic E-state index is 0.298. The van der Waals surface area contributed by atoms with Gasteiger partial charge in [-0.2, -0.15) is 0 Å². The molecule has 2 nitrogen and oxygen atoms in total. The van der Waals surface area contributed by atoms with Gasteiger partial charge in [0.15, 0.2) is 0 Å². The lowest BCUT2D eigenvalue weighted by molar-refractivity contribution is 0.556. The predicted molar refractivity (Wildman–Crippen MR) is 72.6 cm³/mol. The fourth-order valence-corrected chi connectivity index (χ4v) is 2.23. The van der Waals surface area contributed by atoms with Crippen molar-refractivity contribution in [3.63, 3.8) is 0 Å². The fraction of sp³-hybridized carbons (Fsp3) is 0.0625. The summed E-state index contributed by atoms with van der Waals surface area (Å²) < 4.78 is 18.3. The second kappa shape index (κ2) is 4.35. The van der Waals surface area contributed by atoms with Crippen molar-refractivity contribution in [2.45, 2.75) is 6.92 Å². The normalized spacial score (nSPS) is 10.8. The molecule has 0 bridgehead atoms. The van der Waals surface area contributed by atoms with Crippen molar-refractivity contribution >= 4 is 11.0 Å². The first kappa shape index (κ1) is 11.7. The molecule has 94 valence electrons. The topological polar surface area (TPSA) is 30.2 Å². The molecule has 3 heteroatoms. The minimum atomic E-state index is -0.363.